The lowest BCUT2D eigenvalue weighted by molar-refractivity contribution is -0.136. The summed E-state index contributed by atoms with van der Waals surface area (Å²) in [7, 11) is 0. The highest BCUT2D eigenvalue weighted by Gasteiger charge is 2.62. The van der Waals surface area contributed by atoms with Crippen molar-refractivity contribution in [2.24, 2.45) is 0 Å². The minimum atomic E-state index is -0.603. The van der Waals surface area contributed by atoms with Gasteiger partial charge in [-0.15, -0.1) is 0 Å². The molecule has 7 heteroatoms. The number of likely N-dealkylation sites (tertiary alicyclic amines) is 1. The second-order valence-corrected chi connectivity index (χ2v) is 7.40. The molecule has 0 unspecified atom stereocenters. The zero-order valence-corrected chi connectivity index (χ0v) is 14.5. The molecule has 2 atom stereocenters. The summed E-state index contributed by atoms with van der Waals surface area (Å²) in [6.45, 7) is 2.50. The number of hydrogen-bond donors (Lipinski definition) is 0. The molecule has 4 saturated heterocycles. The average Bonchev–Trinajstić information content (AvgIpc) is 3.38. The highest BCUT2D eigenvalue weighted by atomic mass is 16.5. The monoisotopic (exact) mass is 355 g/mol. The van der Waals surface area contributed by atoms with E-state index in [0.717, 1.165) is 18.7 Å². The van der Waals surface area contributed by atoms with Gasteiger partial charge < -0.3 is 19.4 Å². The van der Waals surface area contributed by atoms with Crippen LogP contribution in [0.4, 0.5) is 5.69 Å². The molecule has 0 N–H and O–H groups in total. The van der Waals surface area contributed by atoms with Crippen molar-refractivity contribution in [2.75, 3.05) is 31.1 Å². The highest BCUT2D eigenvalue weighted by molar-refractivity contribution is 5.98. The third-order valence-electron chi connectivity index (χ3n) is 6.16. The van der Waals surface area contributed by atoms with Crippen LogP contribution in [0.15, 0.2) is 24.3 Å². The summed E-state index contributed by atoms with van der Waals surface area (Å²) in [5, 5.41) is 0. The first-order valence-electron chi connectivity index (χ1n) is 9.26. The van der Waals surface area contributed by atoms with Crippen molar-refractivity contribution >= 4 is 23.4 Å². The van der Waals surface area contributed by atoms with Crippen LogP contribution in [0.25, 0.3) is 0 Å². The first kappa shape index (κ1) is 15.8. The number of anilines is 1. The molecule has 3 amide bonds. The van der Waals surface area contributed by atoms with Gasteiger partial charge in [-0.3, -0.25) is 14.4 Å². The molecule has 0 bridgehead atoms. The van der Waals surface area contributed by atoms with Gasteiger partial charge in [-0.1, -0.05) is 0 Å². The van der Waals surface area contributed by atoms with Crippen molar-refractivity contribution in [1.29, 1.82) is 0 Å². The van der Waals surface area contributed by atoms with Crippen LogP contribution < -0.4 is 4.90 Å². The summed E-state index contributed by atoms with van der Waals surface area (Å²) in [6.07, 6.45) is 2.48. The molecule has 4 fully saturated rings. The van der Waals surface area contributed by atoms with Crippen LogP contribution in [0.1, 0.15) is 36.0 Å². The standard InChI is InChI=1S/C19H21N3O4/c23-16-2-1-8-20(16)14-5-3-13(4-6-14)18(25)21-9-7-19-15(21)12-17(24)22(19)10-11-26-19/h3-6,15H,1-2,7-12H2/t15-,19+/m1/s1. The maximum absolute atomic E-state index is 13.0. The second-order valence-electron chi connectivity index (χ2n) is 7.40. The molecule has 0 aromatic heterocycles. The third-order valence-corrected chi connectivity index (χ3v) is 6.16. The Morgan fingerprint density at radius 1 is 1.08 bits per heavy atom. The summed E-state index contributed by atoms with van der Waals surface area (Å²) in [5.41, 5.74) is 0.818. The topological polar surface area (TPSA) is 70.2 Å². The van der Waals surface area contributed by atoms with Gasteiger partial charge in [0.1, 0.15) is 0 Å². The van der Waals surface area contributed by atoms with Crippen LogP contribution in [0.3, 0.4) is 0 Å². The maximum atomic E-state index is 13.0. The number of benzene rings is 1. The lowest BCUT2D eigenvalue weighted by Gasteiger charge is -2.31. The Balaban J connectivity index is 1.37. The van der Waals surface area contributed by atoms with E-state index in [9.17, 15) is 14.4 Å². The van der Waals surface area contributed by atoms with Crippen LogP contribution in [0.5, 0.6) is 0 Å². The van der Waals surface area contributed by atoms with E-state index >= 15 is 0 Å². The highest BCUT2D eigenvalue weighted by Crippen LogP contribution is 2.45. The average molecular weight is 355 g/mol. The summed E-state index contributed by atoms with van der Waals surface area (Å²) < 4.78 is 5.94. The summed E-state index contributed by atoms with van der Waals surface area (Å²) >= 11 is 0. The molecule has 1 aromatic carbocycles. The van der Waals surface area contributed by atoms with Crippen molar-refractivity contribution in [2.45, 2.75) is 37.5 Å². The van der Waals surface area contributed by atoms with Gasteiger partial charge >= 0.3 is 0 Å². The fourth-order valence-electron chi connectivity index (χ4n) is 4.91. The van der Waals surface area contributed by atoms with Crippen LogP contribution in [0, 0.1) is 0 Å². The van der Waals surface area contributed by atoms with Gasteiger partial charge in [0.2, 0.25) is 11.8 Å². The van der Waals surface area contributed by atoms with Gasteiger partial charge in [-0.05, 0) is 30.7 Å². The lowest BCUT2D eigenvalue weighted by Crippen LogP contribution is -2.48. The Hall–Kier alpha value is -2.41. The normalized spacial score (nSPS) is 30.3. The molecule has 5 rings (SSSR count). The Bertz CT molecular complexity index is 792. The number of rotatable bonds is 2. The first-order valence-corrected chi connectivity index (χ1v) is 9.26. The summed E-state index contributed by atoms with van der Waals surface area (Å²) in [6, 6.07) is 7.02. The van der Waals surface area contributed by atoms with Crippen LogP contribution >= 0.6 is 0 Å². The van der Waals surface area contributed by atoms with Crippen LogP contribution in [-0.4, -0.2) is 65.5 Å². The molecule has 0 aliphatic carbocycles. The van der Waals surface area contributed by atoms with E-state index in [1.54, 1.807) is 21.9 Å². The van der Waals surface area contributed by atoms with E-state index in [1.807, 2.05) is 17.0 Å². The predicted octanol–water partition coefficient (Wildman–Crippen LogP) is 0.987. The largest absolute Gasteiger partial charge is 0.351 e. The SMILES string of the molecule is O=C1CCCN1c1ccc(C(=O)N2CC[C@@]34OCCN3C(=O)C[C@@H]24)cc1. The second kappa shape index (κ2) is 5.54. The first-order chi connectivity index (χ1) is 12.6. The minimum Gasteiger partial charge on any atom is -0.351 e. The van der Waals surface area contributed by atoms with E-state index in [-0.39, 0.29) is 23.8 Å². The molecule has 4 heterocycles. The van der Waals surface area contributed by atoms with Gasteiger partial charge in [0.05, 0.1) is 19.1 Å². The van der Waals surface area contributed by atoms with Gasteiger partial charge in [0.25, 0.3) is 5.91 Å². The maximum Gasteiger partial charge on any atom is 0.254 e. The van der Waals surface area contributed by atoms with Gasteiger partial charge in [-0.2, -0.15) is 0 Å². The molecule has 0 radical (unpaired) electrons. The molecule has 4 aliphatic heterocycles. The Morgan fingerprint density at radius 2 is 1.88 bits per heavy atom. The molecule has 0 saturated carbocycles. The van der Waals surface area contributed by atoms with E-state index < -0.39 is 5.72 Å². The molecule has 1 aromatic rings. The Morgan fingerprint density at radius 3 is 2.62 bits per heavy atom. The molecular weight excluding hydrogens is 334 g/mol. The zero-order valence-electron chi connectivity index (χ0n) is 14.5. The summed E-state index contributed by atoms with van der Waals surface area (Å²) in [4.78, 5) is 42.5. The fraction of sp³-hybridized carbons (Fsp3) is 0.526. The molecule has 136 valence electrons. The van der Waals surface area contributed by atoms with E-state index in [0.29, 0.717) is 44.5 Å². The van der Waals surface area contributed by atoms with Crippen molar-refractivity contribution in [3.63, 3.8) is 0 Å². The predicted molar refractivity (Wildman–Crippen MR) is 92.5 cm³/mol. The van der Waals surface area contributed by atoms with E-state index in [4.69, 9.17) is 4.74 Å². The summed E-state index contributed by atoms with van der Waals surface area (Å²) in [5.74, 6) is 0.137. The van der Waals surface area contributed by atoms with E-state index in [2.05, 4.69) is 0 Å². The number of nitrogens with zero attached hydrogens (tertiary/aromatic N) is 3. The number of ether oxygens (including phenoxy) is 1. The fourth-order valence-corrected chi connectivity index (χ4v) is 4.91. The van der Waals surface area contributed by atoms with Crippen molar-refractivity contribution in [3.8, 4) is 0 Å². The van der Waals surface area contributed by atoms with Gasteiger partial charge in [-0.25, -0.2) is 0 Å². The lowest BCUT2D eigenvalue weighted by atomic mass is 10.1. The molecule has 4 aliphatic rings. The van der Waals surface area contributed by atoms with Crippen molar-refractivity contribution < 1.29 is 19.1 Å². The van der Waals surface area contributed by atoms with Crippen molar-refractivity contribution in [3.05, 3.63) is 29.8 Å². The van der Waals surface area contributed by atoms with Crippen molar-refractivity contribution in [1.82, 2.24) is 9.80 Å². The number of carbonyl (C=O) groups excluding carboxylic acids is 3. The van der Waals surface area contributed by atoms with Gasteiger partial charge in [0, 0.05) is 43.7 Å². The smallest absolute Gasteiger partial charge is 0.254 e. The third kappa shape index (κ3) is 2.06. The molecular formula is C19H21N3O4. The Kier molecular flexibility index (Phi) is 3.37. The molecule has 7 nitrogen and oxygen atoms in total. The quantitative estimate of drug-likeness (QED) is 0.793. The molecule has 1 spiro atoms. The Labute approximate surface area is 151 Å². The number of hydrogen-bond acceptors (Lipinski definition) is 4. The zero-order chi connectivity index (χ0) is 17.9. The number of carbonyl (C=O) groups is 3. The van der Waals surface area contributed by atoms with Gasteiger partial charge in [0.15, 0.2) is 5.72 Å². The van der Waals surface area contributed by atoms with Crippen LogP contribution in [-0.2, 0) is 14.3 Å². The molecule has 26 heavy (non-hydrogen) atoms. The van der Waals surface area contributed by atoms with Crippen LogP contribution in [0.2, 0.25) is 0 Å². The van der Waals surface area contributed by atoms with E-state index in [1.165, 1.54) is 0 Å². The minimum absolute atomic E-state index is 0.0728. The number of amides is 3.